The molecule has 21 heavy (non-hydrogen) atoms. The Morgan fingerprint density at radius 3 is 2.29 bits per heavy atom. The Bertz CT molecular complexity index is 593. The molecule has 1 aromatic carbocycles. The fourth-order valence-electron chi connectivity index (χ4n) is 2.22. The zero-order valence-electron chi connectivity index (χ0n) is 13.5. The minimum atomic E-state index is -3.66. The molecule has 0 atom stereocenters. The second-order valence-electron chi connectivity index (χ2n) is 5.51. The van der Waals surface area contributed by atoms with Crippen LogP contribution in [0.15, 0.2) is 17.0 Å². The number of rotatable bonds is 7. The lowest BCUT2D eigenvalue weighted by Gasteiger charge is -2.27. The van der Waals surface area contributed by atoms with Gasteiger partial charge in [0.05, 0.1) is 7.11 Å². The summed E-state index contributed by atoms with van der Waals surface area (Å²) in [4.78, 5) is 0.185. The van der Waals surface area contributed by atoms with Crippen molar-refractivity contribution in [3.05, 3.63) is 23.3 Å². The lowest BCUT2D eigenvalue weighted by Crippen LogP contribution is -2.49. The van der Waals surface area contributed by atoms with Gasteiger partial charge in [-0.3, -0.25) is 0 Å². The summed E-state index contributed by atoms with van der Waals surface area (Å²) in [5, 5.41) is 0. The summed E-state index contributed by atoms with van der Waals surface area (Å²) in [6.07, 6.45) is 1.41. The smallest absolute Gasteiger partial charge is 0.244 e. The summed E-state index contributed by atoms with van der Waals surface area (Å²) in [6.45, 7) is 7.78. The van der Waals surface area contributed by atoms with Crippen LogP contribution >= 0.6 is 0 Å². The maximum absolute atomic E-state index is 12.6. The van der Waals surface area contributed by atoms with Crippen LogP contribution in [0.3, 0.4) is 0 Å². The van der Waals surface area contributed by atoms with Crippen LogP contribution in [0, 0.1) is 13.8 Å². The fraction of sp³-hybridized carbons (Fsp3) is 0.600. The fourth-order valence-corrected chi connectivity index (χ4v) is 3.73. The molecule has 0 aromatic heterocycles. The quantitative estimate of drug-likeness (QED) is 0.807. The topological polar surface area (TPSA) is 81.4 Å². The Kier molecular flexibility index (Phi) is 5.78. The highest BCUT2D eigenvalue weighted by atomic mass is 32.2. The molecule has 0 heterocycles. The molecule has 0 radical (unpaired) electrons. The molecule has 0 aliphatic rings. The van der Waals surface area contributed by atoms with Gasteiger partial charge in [-0.2, -0.15) is 0 Å². The summed E-state index contributed by atoms with van der Waals surface area (Å²) < 4.78 is 33.0. The zero-order valence-corrected chi connectivity index (χ0v) is 14.3. The molecule has 0 spiro atoms. The first-order chi connectivity index (χ1) is 9.69. The van der Waals surface area contributed by atoms with Gasteiger partial charge in [-0.1, -0.05) is 19.9 Å². The van der Waals surface area contributed by atoms with Crippen LogP contribution in [-0.4, -0.2) is 27.6 Å². The van der Waals surface area contributed by atoms with Crippen LogP contribution in [0.25, 0.3) is 0 Å². The van der Waals surface area contributed by atoms with Crippen molar-refractivity contribution in [1.82, 2.24) is 4.72 Å². The molecule has 0 bridgehead atoms. The molecule has 0 aliphatic carbocycles. The molecule has 120 valence electrons. The highest BCUT2D eigenvalue weighted by molar-refractivity contribution is 7.89. The van der Waals surface area contributed by atoms with Gasteiger partial charge in [0.15, 0.2) is 0 Å². The molecule has 1 aromatic rings. The van der Waals surface area contributed by atoms with Crippen LogP contribution in [0.4, 0.5) is 0 Å². The lowest BCUT2D eigenvalue weighted by atomic mass is 9.95. The van der Waals surface area contributed by atoms with Crippen LogP contribution in [0.1, 0.15) is 37.8 Å². The number of aryl methyl sites for hydroxylation is 2. The van der Waals surface area contributed by atoms with Crippen molar-refractivity contribution < 1.29 is 13.2 Å². The molecular weight excluding hydrogens is 288 g/mol. The van der Waals surface area contributed by atoms with E-state index >= 15 is 0 Å². The molecule has 0 saturated carbocycles. The van der Waals surface area contributed by atoms with Crippen molar-refractivity contribution in [3.63, 3.8) is 0 Å². The standard InChI is InChI=1S/C15H26N2O3S/c1-6-15(16,7-2)10-17-21(18,19)14-12(4)8-11(3)9-13(14)20-5/h8-9,17H,6-7,10,16H2,1-5H3. The Morgan fingerprint density at radius 1 is 1.24 bits per heavy atom. The van der Waals surface area contributed by atoms with E-state index in [4.69, 9.17) is 10.5 Å². The number of ether oxygens (including phenoxy) is 1. The second-order valence-corrected chi connectivity index (χ2v) is 7.21. The lowest BCUT2D eigenvalue weighted by molar-refractivity contribution is 0.388. The van der Waals surface area contributed by atoms with Gasteiger partial charge in [0.1, 0.15) is 10.6 Å². The number of sulfonamides is 1. The maximum atomic E-state index is 12.6. The third kappa shape index (κ3) is 4.18. The van der Waals surface area contributed by atoms with Crippen LogP contribution in [0.5, 0.6) is 5.75 Å². The van der Waals surface area contributed by atoms with Gasteiger partial charge in [-0.05, 0) is 43.9 Å². The van der Waals surface area contributed by atoms with E-state index in [0.717, 1.165) is 5.56 Å². The van der Waals surface area contributed by atoms with Crippen molar-refractivity contribution in [3.8, 4) is 5.75 Å². The van der Waals surface area contributed by atoms with Crippen LogP contribution in [-0.2, 0) is 10.0 Å². The first-order valence-electron chi connectivity index (χ1n) is 7.13. The summed E-state index contributed by atoms with van der Waals surface area (Å²) in [7, 11) is -2.19. The third-order valence-electron chi connectivity index (χ3n) is 3.90. The molecule has 1 rings (SSSR count). The summed E-state index contributed by atoms with van der Waals surface area (Å²) in [5.74, 6) is 0.357. The number of benzene rings is 1. The molecule has 0 saturated heterocycles. The number of nitrogens with one attached hydrogen (secondary N) is 1. The van der Waals surface area contributed by atoms with Crippen molar-refractivity contribution in [2.45, 2.75) is 51.0 Å². The summed E-state index contributed by atoms with van der Waals surface area (Å²) >= 11 is 0. The average molecular weight is 314 g/mol. The number of hydrogen-bond acceptors (Lipinski definition) is 4. The first-order valence-corrected chi connectivity index (χ1v) is 8.61. The number of nitrogens with two attached hydrogens (primary N) is 1. The van der Waals surface area contributed by atoms with Crippen molar-refractivity contribution in [1.29, 1.82) is 0 Å². The normalized spacial score (nSPS) is 12.5. The van der Waals surface area contributed by atoms with E-state index in [1.54, 1.807) is 13.0 Å². The van der Waals surface area contributed by atoms with E-state index in [1.807, 2.05) is 26.8 Å². The van der Waals surface area contributed by atoms with E-state index in [0.29, 0.717) is 24.2 Å². The summed E-state index contributed by atoms with van der Waals surface area (Å²) in [6, 6.07) is 3.54. The maximum Gasteiger partial charge on any atom is 0.244 e. The molecular formula is C15H26N2O3S. The SMILES string of the molecule is CCC(N)(CC)CNS(=O)(=O)c1c(C)cc(C)cc1OC. The predicted octanol–water partition coefficient (Wildman–Crippen LogP) is 2.11. The van der Waals surface area contributed by atoms with Crippen molar-refractivity contribution in [2.75, 3.05) is 13.7 Å². The van der Waals surface area contributed by atoms with Gasteiger partial charge in [-0.15, -0.1) is 0 Å². The van der Waals surface area contributed by atoms with Gasteiger partial charge >= 0.3 is 0 Å². The molecule has 0 unspecified atom stereocenters. The van der Waals surface area contributed by atoms with Gasteiger partial charge in [0, 0.05) is 12.1 Å². The van der Waals surface area contributed by atoms with Crippen molar-refractivity contribution in [2.24, 2.45) is 5.73 Å². The first kappa shape index (κ1) is 17.9. The average Bonchev–Trinajstić information content (AvgIpc) is 2.43. The van der Waals surface area contributed by atoms with E-state index in [1.165, 1.54) is 7.11 Å². The number of methoxy groups -OCH3 is 1. The predicted molar refractivity (Wildman–Crippen MR) is 85.2 cm³/mol. The summed E-state index contributed by atoms with van der Waals surface area (Å²) in [5.41, 5.74) is 7.25. The Morgan fingerprint density at radius 2 is 1.81 bits per heavy atom. The second kappa shape index (κ2) is 6.77. The van der Waals surface area contributed by atoms with E-state index in [9.17, 15) is 8.42 Å². The molecule has 5 nitrogen and oxygen atoms in total. The van der Waals surface area contributed by atoms with Crippen molar-refractivity contribution >= 4 is 10.0 Å². The molecule has 6 heteroatoms. The van der Waals surface area contributed by atoms with E-state index in [2.05, 4.69) is 4.72 Å². The number of hydrogen-bond donors (Lipinski definition) is 2. The van der Waals surface area contributed by atoms with E-state index in [-0.39, 0.29) is 11.4 Å². The molecule has 0 amide bonds. The molecule has 3 N–H and O–H groups in total. The Labute approximate surface area is 127 Å². The highest BCUT2D eigenvalue weighted by Gasteiger charge is 2.27. The van der Waals surface area contributed by atoms with Gasteiger partial charge in [0.25, 0.3) is 0 Å². The van der Waals surface area contributed by atoms with Gasteiger partial charge in [0.2, 0.25) is 10.0 Å². The van der Waals surface area contributed by atoms with Crippen LogP contribution < -0.4 is 15.2 Å². The van der Waals surface area contributed by atoms with Gasteiger partial charge in [-0.25, -0.2) is 13.1 Å². The minimum Gasteiger partial charge on any atom is -0.495 e. The Hall–Kier alpha value is -1.11. The Balaban J connectivity index is 3.15. The van der Waals surface area contributed by atoms with Crippen LogP contribution in [0.2, 0.25) is 0 Å². The monoisotopic (exact) mass is 314 g/mol. The van der Waals surface area contributed by atoms with E-state index < -0.39 is 15.6 Å². The highest BCUT2D eigenvalue weighted by Crippen LogP contribution is 2.28. The largest absolute Gasteiger partial charge is 0.495 e. The third-order valence-corrected chi connectivity index (χ3v) is 5.48. The molecule has 0 aliphatic heterocycles. The minimum absolute atomic E-state index is 0.185. The van der Waals surface area contributed by atoms with Gasteiger partial charge < -0.3 is 10.5 Å². The molecule has 0 fully saturated rings. The zero-order chi connectivity index (χ0) is 16.3.